The molecule has 0 saturated carbocycles. The number of hydrogen-bond acceptors (Lipinski definition) is 2. The summed E-state index contributed by atoms with van der Waals surface area (Å²) in [5.41, 5.74) is -5.16. The fraction of sp³-hybridized carbons (Fsp3) is 1.00. The van der Waals surface area contributed by atoms with Crippen molar-refractivity contribution >= 4 is 10.0 Å². The van der Waals surface area contributed by atoms with Gasteiger partial charge in [-0.3, -0.25) is 0 Å². The third kappa shape index (κ3) is 1.96. The zero-order valence-corrected chi connectivity index (χ0v) is 7.82. The van der Waals surface area contributed by atoms with Crippen LogP contribution in [0.4, 0.5) is 13.2 Å². The fourth-order valence-corrected chi connectivity index (χ4v) is 2.35. The van der Waals surface area contributed by atoms with Crippen molar-refractivity contribution in [3.63, 3.8) is 0 Å². The first-order valence-corrected chi connectivity index (χ1v) is 5.25. The van der Waals surface area contributed by atoms with E-state index in [1.807, 2.05) is 0 Å². The summed E-state index contributed by atoms with van der Waals surface area (Å²) in [4.78, 5) is 0. The Morgan fingerprint density at radius 2 is 1.92 bits per heavy atom. The van der Waals surface area contributed by atoms with E-state index in [0.717, 1.165) is 0 Å². The molecule has 1 aliphatic rings. The zero-order valence-electron chi connectivity index (χ0n) is 7.00. The van der Waals surface area contributed by atoms with Crippen LogP contribution >= 0.6 is 0 Å². The van der Waals surface area contributed by atoms with Crippen molar-refractivity contribution in [1.82, 2.24) is 4.31 Å². The van der Waals surface area contributed by atoms with Crippen LogP contribution in [0.2, 0.25) is 0 Å². The topological polar surface area (TPSA) is 37.4 Å². The number of halogens is 3. The normalized spacial score (nSPS) is 26.6. The minimum Gasteiger partial charge on any atom is -0.203 e. The van der Waals surface area contributed by atoms with Gasteiger partial charge in [0.15, 0.2) is 0 Å². The molecule has 13 heavy (non-hydrogen) atoms. The second-order valence-electron chi connectivity index (χ2n) is 3.20. The van der Waals surface area contributed by atoms with E-state index in [4.69, 9.17) is 0 Å². The van der Waals surface area contributed by atoms with Gasteiger partial charge in [-0.15, -0.1) is 0 Å². The van der Waals surface area contributed by atoms with Crippen molar-refractivity contribution in [2.24, 2.45) is 5.92 Å². The molecule has 7 heteroatoms. The molecule has 0 unspecified atom stereocenters. The van der Waals surface area contributed by atoms with Crippen molar-refractivity contribution in [2.75, 3.05) is 13.1 Å². The molecule has 0 aromatic heterocycles. The summed E-state index contributed by atoms with van der Waals surface area (Å²) >= 11 is 0. The number of alkyl halides is 3. The highest BCUT2D eigenvalue weighted by molar-refractivity contribution is 7.90. The molecule has 0 radical (unpaired) electrons. The summed E-state index contributed by atoms with van der Waals surface area (Å²) in [6.07, 6.45) is 0.495. The van der Waals surface area contributed by atoms with Crippen molar-refractivity contribution in [3.05, 3.63) is 0 Å². The van der Waals surface area contributed by atoms with E-state index in [1.54, 1.807) is 6.92 Å². The van der Waals surface area contributed by atoms with E-state index in [-0.39, 0.29) is 19.0 Å². The molecular weight excluding hydrogens is 207 g/mol. The maximum atomic E-state index is 12.0. The number of nitrogens with zero attached hydrogens (tertiary/aromatic N) is 1. The summed E-state index contributed by atoms with van der Waals surface area (Å²) in [6, 6.07) is 0. The summed E-state index contributed by atoms with van der Waals surface area (Å²) in [5, 5.41) is 0. The molecule has 0 aromatic rings. The Bertz CT molecular complexity index is 285. The maximum Gasteiger partial charge on any atom is 0.511 e. The lowest BCUT2D eigenvalue weighted by atomic mass is 10.2. The lowest BCUT2D eigenvalue weighted by Crippen LogP contribution is -2.39. The van der Waals surface area contributed by atoms with Crippen LogP contribution in [0.15, 0.2) is 0 Å². The van der Waals surface area contributed by atoms with Gasteiger partial charge >= 0.3 is 15.5 Å². The summed E-state index contributed by atoms with van der Waals surface area (Å²) in [6.45, 7) is 1.68. The highest BCUT2D eigenvalue weighted by Crippen LogP contribution is 2.30. The molecular formula is C6H10F3NO2S. The van der Waals surface area contributed by atoms with E-state index in [1.165, 1.54) is 0 Å². The Labute approximate surface area is 74.6 Å². The highest BCUT2D eigenvalue weighted by atomic mass is 32.2. The first kappa shape index (κ1) is 10.8. The fourth-order valence-electron chi connectivity index (χ4n) is 1.26. The molecule has 0 amide bonds. The third-order valence-corrected chi connectivity index (χ3v) is 3.62. The molecule has 3 nitrogen and oxygen atoms in total. The number of hydrogen-bond donors (Lipinski definition) is 0. The summed E-state index contributed by atoms with van der Waals surface area (Å²) in [5.74, 6) is 0.0112. The molecule has 0 N–H and O–H groups in total. The van der Waals surface area contributed by atoms with Crippen LogP contribution in [-0.2, 0) is 10.0 Å². The van der Waals surface area contributed by atoms with Crippen LogP contribution in [0, 0.1) is 5.92 Å². The molecule has 0 aliphatic carbocycles. The number of sulfonamides is 1. The van der Waals surface area contributed by atoms with E-state index in [9.17, 15) is 21.6 Å². The molecule has 0 aromatic carbocycles. The van der Waals surface area contributed by atoms with Gasteiger partial charge in [-0.2, -0.15) is 17.5 Å². The Kier molecular flexibility index (Phi) is 2.59. The molecule has 1 aliphatic heterocycles. The van der Waals surface area contributed by atoms with Crippen molar-refractivity contribution in [2.45, 2.75) is 18.9 Å². The molecule has 1 atom stereocenters. The predicted molar refractivity (Wildman–Crippen MR) is 40.3 cm³/mol. The van der Waals surface area contributed by atoms with E-state index >= 15 is 0 Å². The van der Waals surface area contributed by atoms with Gasteiger partial charge in [0.2, 0.25) is 0 Å². The predicted octanol–water partition coefficient (Wildman–Crippen LogP) is 1.18. The average molecular weight is 217 g/mol. The molecule has 0 spiro atoms. The molecule has 1 fully saturated rings. The van der Waals surface area contributed by atoms with Gasteiger partial charge in [0, 0.05) is 13.1 Å². The molecule has 0 bridgehead atoms. The van der Waals surface area contributed by atoms with Crippen molar-refractivity contribution in [1.29, 1.82) is 0 Å². The van der Waals surface area contributed by atoms with Gasteiger partial charge in [-0.05, 0) is 12.3 Å². The van der Waals surface area contributed by atoms with Crippen LogP contribution in [0.3, 0.4) is 0 Å². The maximum absolute atomic E-state index is 12.0. The average Bonchev–Trinajstić information content (AvgIpc) is 2.33. The van der Waals surface area contributed by atoms with E-state index in [2.05, 4.69) is 0 Å². The van der Waals surface area contributed by atoms with Crippen molar-refractivity contribution in [3.8, 4) is 0 Å². The first-order chi connectivity index (χ1) is 5.75. The monoisotopic (exact) mass is 217 g/mol. The lowest BCUT2D eigenvalue weighted by Gasteiger charge is -2.17. The Morgan fingerprint density at radius 3 is 2.23 bits per heavy atom. The Morgan fingerprint density at radius 1 is 1.38 bits per heavy atom. The van der Waals surface area contributed by atoms with Gasteiger partial charge in [0.25, 0.3) is 0 Å². The summed E-state index contributed by atoms with van der Waals surface area (Å²) in [7, 11) is -5.08. The first-order valence-electron chi connectivity index (χ1n) is 3.81. The van der Waals surface area contributed by atoms with Gasteiger partial charge in [-0.1, -0.05) is 6.92 Å². The molecule has 1 rings (SSSR count). The SMILES string of the molecule is C[C@@H]1CCN(S(=O)(=O)C(F)(F)F)C1. The van der Waals surface area contributed by atoms with E-state index in [0.29, 0.717) is 10.7 Å². The lowest BCUT2D eigenvalue weighted by molar-refractivity contribution is -0.0484. The smallest absolute Gasteiger partial charge is 0.203 e. The zero-order chi connectivity index (χ0) is 10.3. The second kappa shape index (κ2) is 3.13. The molecule has 78 valence electrons. The van der Waals surface area contributed by atoms with Crippen molar-refractivity contribution < 1.29 is 21.6 Å². The summed E-state index contributed by atoms with van der Waals surface area (Å²) < 4.78 is 58.0. The minimum atomic E-state index is -5.16. The van der Waals surface area contributed by atoms with Crippen LogP contribution in [0.1, 0.15) is 13.3 Å². The van der Waals surface area contributed by atoms with Crippen LogP contribution in [-0.4, -0.2) is 31.3 Å². The van der Waals surface area contributed by atoms with Gasteiger partial charge in [0.05, 0.1) is 0 Å². The second-order valence-corrected chi connectivity index (χ2v) is 5.13. The van der Waals surface area contributed by atoms with Crippen LogP contribution < -0.4 is 0 Å². The molecule has 1 saturated heterocycles. The molecule has 1 heterocycles. The number of rotatable bonds is 1. The van der Waals surface area contributed by atoms with Crippen LogP contribution in [0.5, 0.6) is 0 Å². The Hall–Kier alpha value is -0.300. The third-order valence-electron chi connectivity index (χ3n) is 2.02. The van der Waals surface area contributed by atoms with Gasteiger partial charge in [-0.25, -0.2) is 8.42 Å². The van der Waals surface area contributed by atoms with Gasteiger partial charge in [0.1, 0.15) is 0 Å². The largest absolute Gasteiger partial charge is 0.511 e. The standard InChI is InChI=1S/C6H10F3NO2S/c1-5-2-3-10(4-5)13(11,12)6(7,8)9/h5H,2-4H2,1H3/t5-/m1/s1. The van der Waals surface area contributed by atoms with E-state index < -0.39 is 15.5 Å². The minimum absolute atomic E-state index is 0.0112. The van der Waals surface area contributed by atoms with Gasteiger partial charge < -0.3 is 0 Å². The quantitative estimate of drug-likeness (QED) is 0.661. The Balaban J connectivity index is 2.84. The van der Waals surface area contributed by atoms with Crippen LogP contribution in [0.25, 0.3) is 0 Å². The highest BCUT2D eigenvalue weighted by Gasteiger charge is 2.51.